The first-order valence-corrected chi connectivity index (χ1v) is 5.67. The molecule has 0 amide bonds. The van der Waals surface area contributed by atoms with Crippen LogP contribution in [0.3, 0.4) is 0 Å². The number of hydrogen-bond acceptors (Lipinski definition) is 3. The van der Waals surface area contributed by atoms with Crippen LogP contribution in [0.5, 0.6) is 0 Å². The first-order valence-electron chi connectivity index (χ1n) is 5.67. The van der Waals surface area contributed by atoms with E-state index in [-0.39, 0.29) is 6.04 Å². The SMILES string of the molecule is Cc1cc(C(NN)c2ccccc2)cc(C)n1. The van der Waals surface area contributed by atoms with Gasteiger partial charge in [0.05, 0.1) is 6.04 Å². The Hall–Kier alpha value is -1.71. The van der Waals surface area contributed by atoms with Crippen molar-refractivity contribution in [3.05, 3.63) is 65.0 Å². The molecule has 0 spiro atoms. The summed E-state index contributed by atoms with van der Waals surface area (Å²) in [5.41, 5.74) is 7.18. The zero-order valence-electron chi connectivity index (χ0n) is 10.1. The second-order valence-corrected chi connectivity index (χ2v) is 4.19. The van der Waals surface area contributed by atoms with Gasteiger partial charge in [-0.05, 0) is 37.1 Å². The highest BCUT2D eigenvalue weighted by Crippen LogP contribution is 2.21. The predicted octanol–water partition coefficient (Wildman–Crippen LogP) is 2.25. The zero-order chi connectivity index (χ0) is 12.3. The smallest absolute Gasteiger partial charge is 0.0711 e. The Morgan fingerprint density at radius 1 is 1.00 bits per heavy atom. The van der Waals surface area contributed by atoms with Gasteiger partial charge in [-0.1, -0.05) is 30.3 Å². The van der Waals surface area contributed by atoms with Crippen LogP contribution in [-0.4, -0.2) is 4.98 Å². The van der Waals surface area contributed by atoms with E-state index in [0.29, 0.717) is 0 Å². The first kappa shape index (κ1) is 11.8. The maximum Gasteiger partial charge on any atom is 0.0711 e. The van der Waals surface area contributed by atoms with Gasteiger partial charge in [-0.25, -0.2) is 5.43 Å². The van der Waals surface area contributed by atoms with E-state index in [1.807, 2.05) is 32.0 Å². The predicted molar refractivity (Wildman–Crippen MR) is 69.3 cm³/mol. The lowest BCUT2D eigenvalue weighted by molar-refractivity contribution is 0.635. The van der Waals surface area contributed by atoms with Gasteiger partial charge >= 0.3 is 0 Å². The van der Waals surface area contributed by atoms with Gasteiger partial charge in [0.25, 0.3) is 0 Å². The molecule has 2 rings (SSSR count). The lowest BCUT2D eigenvalue weighted by Crippen LogP contribution is -2.29. The van der Waals surface area contributed by atoms with Crippen LogP contribution in [0.4, 0.5) is 0 Å². The van der Waals surface area contributed by atoms with Gasteiger partial charge in [-0.3, -0.25) is 10.8 Å². The summed E-state index contributed by atoms with van der Waals surface area (Å²) in [7, 11) is 0. The number of aromatic nitrogens is 1. The summed E-state index contributed by atoms with van der Waals surface area (Å²) < 4.78 is 0. The van der Waals surface area contributed by atoms with E-state index < -0.39 is 0 Å². The van der Waals surface area contributed by atoms with Crippen molar-refractivity contribution in [3.8, 4) is 0 Å². The average Bonchev–Trinajstić information content (AvgIpc) is 2.30. The molecule has 0 aliphatic heterocycles. The summed E-state index contributed by atoms with van der Waals surface area (Å²) in [6.45, 7) is 3.99. The van der Waals surface area contributed by atoms with Crippen molar-refractivity contribution in [2.24, 2.45) is 5.84 Å². The Bertz CT molecular complexity index is 474. The molecule has 17 heavy (non-hydrogen) atoms. The maximum atomic E-state index is 5.67. The van der Waals surface area contributed by atoms with E-state index in [2.05, 4.69) is 34.7 Å². The number of nitrogens with zero attached hydrogens (tertiary/aromatic N) is 1. The van der Waals surface area contributed by atoms with Crippen molar-refractivity contribution in [3.63, 3.8) is 0 Å². The third-order valence-electron chi connectivity index (χ3n) is 2.74. The topological polar surface area (TPSA) is 50.9 Å². The number of hydrogen-bond donors (Lipinski definition) is 2. The molecule has 0 bridgehead atoms. The highest BCUT2D eigenvalue weighted by molar-refractivity contribution is 5.33. The first-order chi connectivity index (χ1) is 8.20. The standard InChI is InChI=1S/C14H17N3/c1-10-8-13(9-11(2)16-10)14(17-15)12-6-4-3-5-7-12/h3-9,14,17H,15H2,1-2H3. The van der Waals surface area contributed by atoms with Crippen LogP contribution in [0.25, 0.3) is 0 Å². The molecule has 0 saturated heterocycles. The van der Waals surface area contributed by atoms with E-state index in [1.165, 1.54) is 0 Å². The number of nitrogens with two attached hydrogens (primary N) is 1. The van der Waals surface area contributed by atoms with Crippen molar-refractivity contribution in [1.82, 2.24) is 10.4 Å². The second-order valence-electron chi connectivity index (χ2n) is 4.19. The summed E-state index contributed by atoms with van der Waals surface area (Å²) in [4.78, 5) is 4.38. The summed E-state index contributed by atoms with van der Waals surface area (Å²) >= 11 is 0. The number of aryl methyl sites for hydroxylation is 2. The minimum atomic E-state index is 0.0107. The molecule has 3 N–H and O–H groups in total. The quantitative estimate of drug-likeness (QED) is 0.624. The molecule has 3 heteroatoms. The monoisotopic (exact) mass is 227 g/mol. The van der Waals surface area contributed by atoms with E-state index in [4.69, 9.17) is 5.84 Å². The van der Waals surface area contributed by atoms with Crippen LogP contribution in [0, 0.1) is 13.8 Å². The second kappa shape index (κ2) is 5.08. The van der Waals surface area contributed by atoms with Crippen molar-refractivity contribution < 1.29 is 0 Å². The minimum absolute atomic E-state index is 0.0107. The van der Waals surface area contributed by atoms with Gasteiger partial charge in [0, 0.05) is 11.4 Å². The summed E-state index contributed by atoms with van der Waals surface area (Å²) in [6.07, 6.45) is 0. The number of pyridine rings is 1. The van der Waals surface area contributed by atoms with Gasteiger partial charge in [0.1, 0.15) is 0 Å². The highest BCUT2D eigenvalue weighted by atomic mass is 15.2. The Morgan fingerprint density at radius 3 is 2.12 bits per heavy atom. The van der Waals surface area contributed by atoms with E-state index in [9.17, 15) is 0 Å². The number of rotatable bonds is 3. The molecule has 1 atom stereocenters. The number of benzene rings is 1. The molecule has 1 aromatic heterocycles. The van der Waals surface area contributed by atoms with Crippen LogP contribution >= 0.6 is 0 Å². The van der Waals surface area contributed by atoms with Gasteiger partial charge in [0.15, 0.2) is 0 Å². The molecule has 0 aliphatic carbocycles. The largest absolute Gasteiger partial charge is 0.271 e. The van der Waals surface area contributed by atoms with Gasteiger partial charge in [-0.2, -0.15) is 0 Å². The number of nitrogens with one attached hydrogen (secondary N) is 1. The molecule has 0 fully saturated rings. The van der Waals surface area contributed by atoms with E-state index >= 15 is 0 Å². The molecule has 1 aromatic carbocycles. The normalized spacial score (nSPS) is 12.4. The third-order valence-corrected chi connectivity index (χ3v) is 2.74. The zero-order valence-corrected chi connectivity index (χ0v) is 10.1. The third kappa shape index (κ3) is 2.70. The molecular formula is C14H17N3. The molecule has 1 unspecified atom stereocenters. The maximum absolute atomic E-state index is 5.67. The van der Waals surface area contributed by atoms with Crippen LogP contribution < -0.4 is 11.3 Å². The molecular weight excluding hydrogens is 210 g/mol. The fraction of sp³-hybridized carbons (Fsp3) is 0.214. The molecule has 0 saturated carbocycles. The van der Waals surface area contributed by atoms with Crippen LogP contribution in [0.1, 0.15) is 28.6 Å². The molecule has 0 aliphatic rings. The van der Waals surface area contributed by atoms with Crippen molar-refractivity contribution in [2.45, 2.75) is 19.9 Å². The summed E-state index contributed by atoms with van der Waals surface area (Å²) in [5, 5.41) is 0. The van der Waals surface area contributed by atoms with Crippen LogP contribution in [-0.2, 0) is 0 Å². The number of hydrazine groups is 1. The average molecular weight is 227 g/mol. The molecule has 88 valence electrons. The van der Waals surface area contributed by atoms with Gasteiger partial charge in [0.2, 0.25) is 0 Å². The minimum Gasteiger partial charge on any atom is -0.271 e. The Labute approximate surface area is 102 Å². The Kier molecular flexibility index (Phi) is 3.52. The van der Waals surface area contributed by atoms with Crippen molar-refractivity contribution >= 4 is 0 Å². The lowest BCUT2D eigenvalue weighted by Gasteiger charge is -2.17. The van der Waals surface area contributed by atoms with Crippen molar-refractivity contribution in [1.29, 1.82) is 0 Å². The molecule has 1 heterocycles. The summed E-state index contributed by atoms with van der Waals surface area (Å²) in [6, 6.07) is 14.3. The van der Waals surface area contributed by atoms with Crippen LogP contribution in [0.15, 0.2) is 42.5 Å². The fourth-order valence-electron chi connectivity index (χ4n) is 2.06. The van der Waals surface area contributed by atoms with E-state index in [0.717, 1.165) is 22.5 Å². The van der Waals surface area contributed by atoms with Crippen LogP contribution in [0.2, 0.25) is 0 Å². The highest BCUT2D eigenvalue weighted by Gasteiger charge is 2.12. The fourth-order valence-corrected chi connectivity index (χ4v) is 2.06. The van der Waals surface area contributed by atoms with Gasteiger partial charge in [-0.15, -0.1) is 0 Å². The van der Waals surface area contributed by atoms with E-state index in [1.54, 1.807) is 0 Å². The van der Waals surface area contributed by atoms with Crippen molar-refractivity contribution in [2.75, 3.05) is 0 Å². The lowest BCUT2D eigenvalue weighted by atomic mass is 9.99. The molecule has 2 aromatic rings. The molecule has 3 nitrogen and oxygen atoms in total. The van der Waals surface area contributed by atoms with Gasteiger partial charge < -0.3 is 0 Å². The Morgan fingerprint density at radius 2 is 1.59 bits per heavy atom. The molecule has 0 radical (unpaired) electrons. The summed E-state index contributed by atoms with van der Waals surface area (Å²) in [5.74, 6) is 5.67. The Balaban J connectivity index is 2.42.